The molecule has 0 aliphatic rings. The Labute approximate surface area is 171 Å². The molecule has 0 radical (unpaired) electrons. The van der Waals surface area contributed by atoms with E-state index in [0.29, 0.717) is 18.2 Å². The number of aromatic nitrogens is 2. The first-order valence-electron chi connectivity index (χ1n) is 8.72. The number of rotatable bonds is 9. The van der Waals surface area contributed by atoms with E-state index in [0.717, 1.165) is 21.6 Å². The number of nitrogens with one attached hydrogen (secondary N) is 2. The van der Waals surface area contributed by atoms with Gasteiger partial charge in [-0.15, -0.1) is 21.5 Å². The number of thiophene rings is 1. The Morgan fingerprint density at radius 3 is 2.70 bits per heavy atom. The van der Waals surface area contributed by atoms with Crippen molar-refractivity contribution >= 4 is 51.2 Å². The van der Waals surface area contributed by atoms with Gasteiger partial charge in [0.1, 0.15) is 0 Å². The molecule has 0 saturated carbocycles. The van der Waals surface area contributed by atoms with E-state index >= 15 is 0 Å². The Hall–Kier alpha value is -1.90. The van der Waals surface area contributed by atoms with Crippen LogP contribution < -0.4 is 10.6 Å². The third kappa shape index (κ3) is 6.34. The number of hydrogen-bond acceptors (Lipinski definition) is 7. The predicted octanol–water partition coefficient (Wildman–Crippen LogP) is 4.92. The predicted molar refractivity (Wildman–Crippen MR) is 115 cm³/mol. The quantitative estimate of drug-likeness (QED) is 0.483. The first kappa shape index (κ1) is 19.9. The maximum Gasteiger partial charge on any atom is 0.230 e. The summed E-state index contributed by atoms with van der Waals surface area (Å²) in [4.78, 5) is 13.2. The average Bonchev–Trinajstić information content (AvgIpc) is 3.32. The SMILES string of the molecule is CC(C)c1ccc(Nc2nnc(SCC(=O)NCCc3cccs3)s2)cc1. The van der Waals surface area contributed by atoms with Crippen LogP contribution in [0.2, 0.25) is 0 Å². The van der Waals surface area contributed by atoms with Gasteiger partial charge in [-0.05, 0) is 41.5 Å². The summed E-state index contributed by atoms with van der Waals surface area (Å²) in [7, 11) is 0. The normalized spacial score (nSPS) is 10.9. The Bertz CT molecular complexity index is 844. The lowest BCUT2D eigenvalue weighted by Gasteiger charge is -2.06. The smallest absolute Gasteiger partial charge is 0.230 e. The van der Waals surface area contributed by atoms with Gasteiger partial charge in [-0.1, -0.05) is 55.1 Å². The standard InChI is InChI=1S/C19H22N4OS3/c1-13(2)14-5-7-15(8-6-14)21-18-22-23-19(27-18)26-12-17(24)20-10-9-16-4-3-11-25-16/h3-8,11,13H,9-10,12H2,1-2H3,(H,20,24)(H,21,22). The van der Waals surface area contributed by atoms with Gasteiger partial charge in [-0.2, -0.15) is 0 Å². The molecule has 0 spiro atoms. The van der Waals surface area contributed by atoms with Gasteiger partial charge < -0.3 is 10.6 Å². The maximum absolute atomic E-state index is 11.9. The molecule has 2 aromatic heterocycles. The van der Waals surface area contributed by atoms with Gasteiger partial charge in [0.25, 0.3) is 0 Å². The third-order valence-corrected chi connectivity index (χ3v) is 6.74. The van der Waals surface area contributed by atoms with Gasteiger partial charge in [0.15, 0.2) is 4.34 Å². The highest BCUT2D eigenvalue weighted by Gasteiger charge is 2.09. The van der Waals surface area contributed by atoms with E-state index in [2.05, 4.69) is 52.9 Å². The van der Waals surface area contributed by atoms with Crippen molar-refractivity contribution in [3.63, 3.8) is 0 Å². The van der Waals surface area contributed by atoms with Gasteiger partial charge in [0.2, 0.25) is 11.0 Å². The lowest BCUT2D eigenvalue weighted by molar-refractivity contribution is -0.118. The van der Waals surface area contributed by atoms with Crippen LogP contribution in [0.4, 0.5) is 10.8 Å². The molecule has 2 N–H and O–H groups in total. The second kappa shape index (κ2) is 9.87. The Morgan fingerprint density at radius 2 is 2.00 bits per heavy atom. The van der Waals surface area contributed by atoms with Gasteiger partial charge in [-0.25, -0.2) is 0 Å². The number of hydrogen-bond donors (Lipinski definition) is 2. The summed E-state index contributed by atoms with van der Waals surface area (Å²) in [6.45, 7) is 5.01. The number of anilines is 2. The molecule has 3 aromatic rings. The molecule has 3 rings (SSSR count). The molecule has 0 bridgehead atoms. The summed E-state index contributed by atoms with van der Waals surface area (Å²) in [5.74, 6) is 0.882. The molecule has 0 fully saturated rings. The second-order valence-electron chi connectivity index (χ2n) is 6.24. The van der Waals surface area contributed by atoms with Crippen LogP contribution in [0.15, 0.2) is 46.1 Å². The minimum atomic E-state index is 0.0190. The van der Waals surface area contributed by atoms with E-state index in [1.54, 1.807) is 11.3 Å². The minimum absolute atomic E-state index is 0.0190. The Morgan fingerprint density at radius 1 is 1.19 bits per heavy atom. The van der Waals surface area contributed by atoms with Crippen LogP contribution in [0.25, 0.3) is 0 Å². The van der Waals surface area contributed by atoms with Crippen molar-refractivity contribution in [1.29, 1.82) is 0 Å². The van der Waals surface area contributed by atoms with Crippen molar-refractivity contribution in [3.05, 3.63) is 52.2 Å². The lowest BCUT2D eigenvalue weighted by Crippen LogP contribution is -2.27. The molecule has 0 atom stereocenters. The Kier molecular flexibility index (Phi) is 7.25. The van der Waals surface area contributed by atoms with Crippen molar-refractivity contribution in [2.24, 2.45) is 0 Å². The second-order valence-corrected chi connectivity index (χ2v) is 9.48. The average molecular weight is 419 g/mol. The number of benzene rings is 1. The maximum atomic E-state index is 11.9. The van der Waals surface area contributed by atoms with Gasteiger partial charge in [0.05, 0.1) is 5.75 Å². The fourth-order valence-electron chi connectivity index (χ4n) is 2.35. The summed E-state index contributed by atoms with van der Waals surface area (Å²) >= 11 is 4.57. The molecule has 142 valence electrons. The first-order valence-corrected chi connectivity index (χ1v) is 11.4. The molecule has 2 heterocycles. The zero-order valence-corrected chi connectivity index (χ0v) is 17.7. The molecular formula is C19H22N4OS3. The van der Waals surface area contributed by atoms with Gasteiger partial charge >= 0.3 is 0 Å². The molecule has 27 heavy (non-hydrogen) atoms. The molecular weight excluding hydrogens is 396 g/mol. The van der Waals surface area contributed by atoms with E-state index in [1.807, 2.05) is 23.6 Å². The molecule has 0 aliphatic carbocycles. The van der Waals surface area contributed by atoms with Crippen LogP contribution in [0.1, 0.15) is 30.2 Å². The van der Waals surface area contributed by atoms with E-state index in [1.165, 1.54) is 33.5 Å². The van der Waals surface area contributed by atoms with Crippen molar-refractivity contribution < 1.29 is 4.79 Å². The van der Waals surface area contributed by atoms with Crippen molar-refractivity contribution in [3.8, 4) is 0 Å². The Balaban J connectivity index is 1.41. The first-order chi connectivity index (χ1) is 13.1. The summed E-state index contributed by atoms with van der Waals surface area (Å²) in [5.41, 5.74) is 2.29. The van der Waals surface area contributed by atoms with Gasteiger partial charge in [-0.3, -0.25) is 4.79 Å². The van der Waals surface area contributed by atoms with E-state index in [-0.39, 0.29) is 5.91 Å². The monoisotopic (exact) mass is 418 g/mol. The highest BCUT2D eigenvalue weighted by Crippen LogP contribution is 2.28. The molecule has 0 unspecified atom stereocenters. The van der Waals surface area contributed by atoms with E-state index in [9.17, 15) is 4.79 Å². The lowest BCUT2D eigenvalue weighted by atomic mass is 10.0. The number of nitrogens with zero attached hydrogens (tertiary/aromatic N) is 2. The summed E-state index contributed by atoms with van der Waals surface area (Å²) in [6, 6.07) is 12.4. The summed E-state index contributed by atoms with van der Waals surface area (Å²) < 4.78 is 0.782. The number of thioether (sulfide) groups is 1. The number of amides is 1. The third-order valence-electron chi connectivity index (χ3n) is 3.84. The van der Waals surface area contributed by atoms with Crippen LogP contribution in [0, 0.1) is 0 Å². The fourth-order valence-corrected chi connectivity index (χ4v) is 4.66. The van der Waals surface area contributed by atoms with Crippen LogP contribution in [-0.2, 0) is 11.2 Å². The zero-order valence-electron chi connectivity index (χ0n) is 15.3. The molecule has 0 saturated heterocycles. The van der Waals surface area contributed by atoms with Crippen LogP contribution in [-0.4, -0.2) is 28.4 Å². The van der Waals surface area contributed by atoms with Gasteiger partial charge in [0, 0.05) is 17.1 Å². The van der Waals surface area contributed by atoms with Crippen LogP contribution >= 0.6 is 34.4 Å². The number of carbonyl (C=O) groups excluding carboxylic acids is 1. The molecule has 1 amide bonds. The van der Waals surface area contributed by atoms with Crippen LogP contribution in [0.5, 0.6) is 0 Å². The largest absolute Gasteiger partial charge is 0.355 e. The summed E-state index contributed by atoms with van der Waals surface area (Å²) in [5, 5.41) is 17.3. The molecule has 0 aliphatic heterocycles. The van der Waals surface area contributed by atoms with E-state index < -0.39 is 0 Å². The van der Waals surface area contributed by atoms with Crippen LogP contribution in [0.3, 0.4) is 0 Å². The molecule has 1 aromatic carbocycles. The number of carbonyl (C=O) groups is 1. The van der Waals surface area contributed by atoms with E-state index in [4.69, 9.17) is 0 Å². The highest BCUT2D eigenvalue weighted by molar-refractivity contribution is 8.01. The van der Waals surface area contributed by atoms with Crippen molar-refractivity contribution in [2.45, 2.75) is 30.5 Å². The minimum Gasteiger partial charge on any atom is -0.355 e. The fraction of sp³-hybridized carbons (Fsp3) is 0.316. The topological polar surface area (TPSA) is 66.9 Å². The summed E-state index contributed by atoms with van der Waals surface area (Å²) in [6.07, 6.45) is 0.872. The van der Waals surface area contributed by atoms with Crippen molar-refractivity contribution in [2.75, 3.05) is 17.6 Å². The molecule has 8 heteroatoms. The van der Waals surface area contributed by atoms with Crippen molar-refractivity contribution in [1.82, 2.24) is 15.5 Å². The molecule has 5 nitrogen and oxygen atoms in total. The zero-order chi connectivity index (χ0) is 19.1. The highest BCUT2D eigenvalue weighted by atomic mass is 32.2.